The molecule has 0 radical (unpaired) electrons. The van der Waals surface area contributed by atoms with Crippen LogP contribution in [-0.4, -0.2) is 35.6 Å². The Morgan fingerprint density at radius 3 is 1.56 bits per heavy atom. The molecule has 1 rings (SSSR count). The number of aryl methyl sites for hydroxylation is 1. The van der Waals surface area contributed by atoms with E-state index in [0.717, 1.165) is 9.13 Å². The van der Waals surface area contributed by atoms with Gasteiger partial charge in [0.1, 0.15) is 0 Å². The maximum absolute atomic E-state index is 13.6. The SMILES string of the molecule is CCOP(=O)(OCC)C(c1cn(C)c(=O)n(C)c1=O)P(=O)(OCC)OCC. The summed E-state index contributed by atoms with van der Waals surface area (Å²) in [7, 11) is -5.63. The molecule has 0 aliphatic heterocycles. The summed E-state index contributed by atoms with van der Waals surface area (Å²) in [4.78, 5) is 24.8. The van der Waals surface area contributed by atoms with E-state index in [-0.39, 0.29) is 32.0 Å². The Morgan fingerprint density at radius 2 is 1.22 bits per heavy atom. The highest BCUT2D eigenvalue weighted by Gasteiger charge is 2.53. The van der Waals surface area contributed by atoms with Gasteiger partial charge >= 0.3 is 20.9 Å². The number of rotatable bonds is 11. The lowest BCUT2D eigenvalue weighted by Gasteiger charge is -2.31. The Balaban J connectivity index is 3.90. The number of nitrogens with zero attached hydrogens (tertiary/aromatic N) is 2. The van der Waals surface area contributed by atoms with E-state index in [1.807, 2.05) is 0 Å². The average Bonchev–Trinajstić information content (AvgIpc) is 2.58. The van der Waals surface area contributed by atoms with Crippen LogP contribution in [0.25, 0.3) is 0 Å². The third-order valence-electron chi connectivity index (χ3n) is 3.59. The first-order chi connectivity index (χ1) is 12.6. The zero-order chi connectivity index (χ0) is 20.8. The van der Waals surface area contributed by atoms with Crippen molar-refractivity contribution < 1.29 is 27.2 Å². The van der Waals surface area contributed by atoms with E-state index in [0.29, 0.717) is 0 Å². The van der Waals surface area contributed by atoms with Gasteiger partial charge in [0.15, 0.2) is 5.40 Å². The number of hydrogen-bond acceptors (Lipinski definition) is 8. The predicted molar refractivity (Wildman–Crippen MR) is 101 cm³/mol. The van der Waals surface area contributed by atoms with E-state index in [1.54, 1.807) is 27.7 Å². The topological polar surface area (TPSA) is 115 Å². The molecule has 0 aliphatic rings. The first-order valence-corrected chi connectivity index (χ1v) is 11.9. The lowest BCUT2D eigenvalue weighted by atomic mass is 10.4. The van der Waals surface area contributed by atoms with Gasteiger partial charge < -0.3 is 22.7 Å². The van der Waals surface area contributed by atoms with Crippen LogP contribution in [0, 0.1) is 0 Å². The monoisotopic (exact) mass is 426 g/mol. The summed E-state index contributed by atoms with van der Waals surface area (Å²) < 4.78 is 50.5. The van der Waals surface area contributed by atoms with Gasteiger partial charge in [0.05, 0.1) is 32.0 Å². The Labute approximate surface area is 158 Å². The van der Waals surface area contributed by atoms with E-state index in [2.05, 4.69) is 0 Å². The van der Waals surface area contributed by atoms with Gasteiger partial charge in [-0.1, -0.05) is 0 Å². The van der Waals surface area contributed by atoms with Crippen molar-refractivity contribution in [2.75, 3.05) is 26.4 Å². The van der Waals surface area contributed by atoms with Gasteiger partial charge in [-0.15, -0.1) is 0 Å². The summed E-state index contributed by atoms with van der Waals surface area (Å²) in [6, 6.07) is 0. The molecule has 0 unspecified atom stereocenters. The summed E-state index contributed by atoms with van der Waals surface area (Å²) >= 11 is 0. The number of hydrogen-bond donors (Lipinski definition) is 0. The number of aromatic nitrogens is 2. The Morgan fingerprint density at radius 1 is 0.852 bits per heavy atom. The molecule has 27 heavy (non-hydrogen) atoms. The quantitative estimate of drug-likeness (QED) is 0.496. The highest BCUT2D eigenvalue weighted by atomic mass is 31.2. The summed E-state index contributed by atoms with van der Waals surface area (Å²) in [5.74, 6) is 0. The van der Waals surface area contributed by atoms with E-state index in [9.17, 15) is 18.7 Å². The standard InChI is InChI=1S/C15H28N2O8P2/c1-7-22-26(20,23-8-2)14(27(21,24-9-3)25-10-4)12-11-16(5)15(19)17(6)13(12)18/h11,14H,7-10H2,1-6H3. The second-order valence-corrected chi connectivity index (χ2v) is 10.1. The molecule has 10 nitrogen and oxygen atoms in total. The van der Waals surface area contributed by atoms with Crippen LogP contribution in [0.5, 0.6) is 0 Å². The van der Waals surface area contributed by atoms with E-state index in [1.165, 1.54) is 20.3 Å². The summed E-state index contributed by atoms with van der Waals surface area (Å²) in [5.41, 5.74) is -1.56. The van der Waals surface area contributed by atoms with Crippen LogP contribution >= 0.6 is 15.2 Å². The molecule has 0 atom stereocenters. The normalized spacial score (nSPS) is 12.7. The smallest absolute Gasteiger partial charge is 0.308 e. The maximum Gasteiger partial charge on any atom is 0.350 e. The van der Waals surface area contributed by atoms with E-state index in [4.69, 9.17) is 18.1 Å². The fraction of sp³-hybridized carbons (Fsp3) is 0.733. The molecule has 0 bridgehead atoms. The molecule has 0 saturated carbocycles. The zero-order valence-electron chi connectivity index (χ0n) is 16.5. The highest BCUT2D eigenvalue weighted by molar-refractivity contribution is 7.72. The Bertz CT molecular complexity index is 797. The van der Waals surface area contributed by atoms with Crippen LogP contribution in [-0.2, 0) is 41.3 Å². The molecule has 0 spiro atoms. The molecule has 1 heterocycles. The fourth-order valence-corrected chi connectivity index (χ4v) is 7.98. The van der Waals surface area contributed by atoms with Crippen molar-refractivity contribution in [3.63, 3.8) is 0 Å². The van der Waals surface area contributed by atoms with Gasteiger partial charge in [0.25, 0.3) is 5.56 Å². The molecule has 0 amide bonds. The summed E-state index contributed by atoms with van der Waals surface area (Å²) in [6.07, 6.45) is 1.17. The van der Waals surface area contributed by atoms with Crippen LogP contribution in [0.4, 0.5) is 0 Å². The lowest BCUT2D eigenvalue weighted by Crippen LogP contribution is -2.39. The van der Waals surface area contributed by atoms with Crippen molar-refractivity contribution in [3.05, 3.63) is 32.6 Å². The van der Waals surface area contributed by atoms with Gasteiger partial charge in [-0.2, -0.15) is 0 Å². The highest BCUT2D eigenvalue weighted by Crippen LogP contribution is 2.78. The lowest BCUT2D eigenvalue weighted by molar-refractivity contribution is 0.195. The van der Waals surface area contributed by atoms with Crippen molar-refractivity contribution in [2.24, 2.45) is 14.1 Å². The van der Waals surface area contributed by atoms with E-state index < -0.39 is 31.8 Å². The minimum Gasteiger partial charge on any atom is -0.308 e. The van der Waals surface area contributed by atoms with Crippen LogP contribution < -0.4 is 11.2 Å². The van der Waals surface area contributed by atoms with Gasteiger partial charge in [-0.05, 0) is 27.7 Å². The fourth-order valence-electron chi connectivity index (χ4n) is 2.60. The van der Waals surface area contributed by atoms with Crippen LogP contribution in [0.3, 0.4) is 0 Å². The van der Waals surface area contributed by atoms with Gasteiger partial charge in [-0.25, -0.2) is 4.79 Å². The zero-order valence-corrected chi connectivity index (χ0v) is 18.3. The summed E-state index contributed by atoms with van der Waals surface area (Å²) in [6.45, 7) is 6.30. The van der Waals surface area contributed by atoms with Crippen molar-refractivity contribution in [1.82, 2.24) is 9.13 Å². The molecule has 0 aliphatic carbocycles. The largest absolute Gasteiger partial charge is 0.350 e. The first kappa shape index (κ1) is 24.0. The van der Waals surface area contributed by atoms with Crippen molar-refractivity contribution in [3.8, 4) is 0 Å². The minimum absolute atomic E-state index is 0.0158. The van der Waals surface area contributed by atoms with Crippen LogP contribution in [0.2, 0.25) is 0 Å². The third kappa shape index (κ3) is 5.08. The first-order valence-electron chi connectivity index (χ1n) is 8.65. The van der Waals surface area contributed by atoms with Crippen molar-refractivity contribution >= 4 is 15.2 Å². The second-order valence-electron chi connectivity index (χ2n) is 5.47. The maximum atomic E-state index is 13.6. The van der Waals surface area contributed by atoms with Crippen LogP contribution in [0.1, 0.15) is 38.7 Å². The molecule has 156 valence electrons. The Hall–Kier alpha value is -1.02. The van der Waals surface area contributed by atoms with E-state index >= 15 is 0 Å². The van der Waals surface area contributed by atoms with Crippen molar-refractivity contribution in [2.45, 2.75) is 33.1 Å². The molecule has 0 aromatic carbocycles. The second kappa shape index (κ2) is 9.96. The molecule has 1 aromatic rings. The van der Waals surface area contributed by atoms with Gasteiger partial charge in [0, 0.05) is 20.3 Å². The predicted octanol–water partition coefficient (Wildman–Crippen LogP) is 2.61. The molecule has 0 fully saturated rings. The average molecular weight is 426 g/mol. The van der Waals surface area contributed by atoms with Gasteiger partial charge in [0.2, 0.25) is 0 Å². The molecule has 12 heteroatoms. The Kier molecular flexibility index (Phi) is 8.86. The molecular weight excluding hydrogens is 398 g/mol. The van der Waals surface area contributed by atoms with Crippen LogP contribution in [0.15, 0.2) is 15.8 Å². The molecular formula is C15H28N2O8P2. The third-order valence-corrected chi connectivity index (χ3v) is 9.51. The van der Waals surface area contributed by atoms with Crippen molar-refractivity contribution in [1.29, 1.82) is 0 Å². The minimum atomic E-state index is -4.16. The molecule has 0 N–H and O–H groups in total. The summed E-state index contributed by atoms with van der Waals surface area (Å²) in [5, 5.41) is -1.63. The molecule has 0 saturated heterocycles. The van der Waals surface area contributed by atoms with Gasteiger partial charge in [-0.3, -0.25) is 18.5 Å². The molecule has 1 aromatic heterocycles.